The highest BCUT2D eigenvalue weighted by Gasteiger charge is 2.19. The molecule has 7 nitrogen and oxygen atoms in total. The van der Waals surface area contributed by atoms with E-state index in [4.69, 9.17) is 15.9 Å². The lowest BCUT2D eigenvalue weighted by Gasteiger charge is -2.34. The van der Waals surface area contributed by atoms with E-state index in [1.165, 1.54) is 0 Å². The molecule has 4 N–H and O–H groups in total. The number of likely N-dealkylation sites (N-methyl/N-ethyl adjacent to an activating group) is 1. The van der Waals surface area contributed by atoms with E-state index in [1.807, 2.05) is 65.6 Å². The lowest BCUT2D eigenvalue weighted by atomic mass is 10.1. The summed E-state index contributed by atoms with van der Waals surface area (Å²) in [4.78, 5) is 16.8. The first-order chi connectivity index (χ1) is 16.5. The number of carbonyl (C=O) groups is 1. The van der Waals surface area contributed by atoms with E-state index in [0.717, 1.165) is 43.1 Å². The molecular formula is C27H31N5O2. The van der Waals surface area contributed by atoms with E-state index in [0.29, 0.717) is 29.4 Å². The maximum absolute atomic E-state index is 12.5. The number of nitrogens with two attached hydrogens (primary N) is 1. The molecule has 3 aromatic rings. The number of amides is 1. The summed E-state index contributed by atoms with van der Waals surface area (Å²) in [5.74, 6) is 1.07. The highest BCUT2D eigenvalue weighted by Crippen LogP contribution is 2.21. The van der Waals surface area contributed by atoms with Crippen LogP contribution in [0, 0.1) is 5.41 Å². The van der Waals surface area contributed by atoms with E-state index in [1.54, 1.807) is 12.1 Å². The van der Waals surface area contributed by atoms with Crippen LogP contribution in [0.25, 0.3) is 0 Å². The summed E-state index contributed by atoms with van der Waals surface area (Å²) < 4.78 is 5.80. The largest absolute Gasteiger partial charge is 0.489 e. The SMILES string of the molecule is CN1CCN(C(=N)c2ccc(NC(=O)Cc3ccc(OCc4ccccc4)cc3)cc2N)CC1. The molecule has 7 heteroatoms. The van der Waals surface area contributed by atoms with Gasteiger partial charge in [-0.15, -0.1) is 0 Å². The minimum atomic E-state index is -0.126. The topological polar surface area (TPSA) is 94.7 Å². The standard InChI is InChI=1S/C27H31N5O2/c1-31-13-15-32(16-14-31)27(29)24-12-9-22(18-25(24)28)30-26(33)17-20-7-10-23(11-8-20)34-19-21-5-3-2-4-6-21/h2-12,18,29H,13-17,19,28H2,1H3,(H,30,33). The van der Waals surface area contributed by atoms with Crippen LogP contribution in [0.15, 0.2) is 72.8 Å². The predicted molar refractivity (Wildman–Crippen MR) is 136 cm³/mol. The number of rotatable bonds is 7. The van der Waals surface area contributed by atoms with Crippen molar-refractivity contribution in [2.24, 2.45) is 0 Å². The van der Waals surface area contributed by atoms with Gasteiger partial charge < -0.3 is 25.6 Å². The van der Waals surface area contributed by atoms with Crippen molar-refractivity contribution in [2.75, 3.05) is 44.3 Å². The van der Waals surface area contributed by atoms with Crippen LogP contribution in [0.2, 0.25) is 0 Å². The van der Waals surface area contributed by atoms with Crippen LogP contribution in [-0.2, 0) is 17.8 Å². The van der Waals surface area contributed by atoms with Gasteiger partial charge in [0, 0.05) is 43.1 Å². The molecule has 0 bridgehead atoms. The van der Waals surface area contributed by atoms with Crippen LogP contribution in [0.1, 0.15) is 16.7 Å². The van der Waals surface area contributed by atoms with Crippen LogP contribution in [0.3, 0.4) is 0 Å². The molecule has 3 aromatic carbocycles. The number of hydrogen-bond acceptors (Lipinski definition) is 5. The van der Waals surface area contributed by atoms with Crippen LogP contribution in [0.5, 0.6) is 5.75 Å². The van der Waals surface area contributed by atoms with E-state index >= 15 is 0 Å². The van der Waals surface area contributed by atoms with Crippen molar-refractivity contribution in [2.45, 2.75) is 13.0 Å². The minimum absolute atomic E-state index is 0.126. The maximum atomic E-state index is 12.5. The van der Waals surface area contributed by atoms with Crippen molar-refractivity contribution in [1.29, 1.82) is 5.41 Å². The third-order valence-corrected chi connectivity index (χ3v) is 5.95. The molecule has 1 heterocycles. The van der Waals surface area contributed by atoms with Gasteiger partial charge in [0.2, 0.25) is 5.91 Å². The number of nitrogen functional groups attached to an aromatic ring is 1. The summed E-state index contributed by atoms with van der Waals surface area (Å²) in [6.07, 6.45) is 0.248. The lowest BCUT2D eigenvalue weighted by Crippen LogP contribution is -2.47. The number of benzene rings is 3. The summed E-state index contributed by atoms with van der Waals surface area (Å²) in [6.45, 7) is 3.98. The van der Waals surface area contributed by atoms with E-state index in [-0.39, 0.29) is 12.3 Å². The maximum Gasteiger partial charge on any atom is 0.228 e. The second-order valence-electron chi connectivity index (χ2n) is 8.58. The van der Waals surface area contributed by atoms with Gasteiger partial charge in [-0.1, -0.05) is 42.5 Å². The van der Waals surface area contributed by atoms with Crippen LogP contribution >= 0.6 is 0 Å². The molecule has 0 radical (unpaired) electrons. The molecule has 0 atom stereocenters. The number of amidine groups is 1. The fourth-order valence-electron chi connectivity index (χ4n) is 3.89. The zero-order valence-electron chi connectivity index (χ0n) is 19.5. The Bertz CT molecular complexity index is 1120. The van der Waals surface area contributed by atoms with Gasteiger partial charge in [0.1, 0.15) is 18.2 Å². The Labute approximate surface area is 200 Å². The molecule has 0 unspecified atom stereocenters. The average molecular weight is 458 g/mol. The molecule has 4 rings (SSSR count). The van der Waals surface area contributed by atoms with E-state index in [2.05, 4.69) is 17.3 Å². The molecule has 176 valence electrons. The normalized spacial score (nSPS) is 14.0. The van der Waals surface area contributed by atoms with Crippen LogP contribution in [0.4, 0.5) is 11.4 Å². The average Bonchev–Trinajstić information content (AvgIpc) is 2.84. The number of anilines is 2. The summed E-state index contributed by atoms with van der Waals surface area (Å²) >= 11 is 0. The zero-order valence-corrected chi connectivity index (χ0v) is 19.5. The summed E-state index contributed by atoms with van der Waals surface area (Å²) in [5, 5.41) is 11.4. The van der Waals surface area contributed by atoms with E-state index in [9.17, 15) is 4.79 Å². The lowest BCUT2D eigenvalue weighted by molar-refractivity contribution is -0.115. The van der Waals surface area contributed by atoms with Gasteiger partial charge in [-0.25, -0.2) is 0 Å². The number of nitrogens with zero attached hydrogens (tertiary/aromatic N) is 2. The number of nitrogens with one attached hydrogen (secondary N) is 2. The first-order valence-corrected chi connectivity index (χ1v) is 11.5. The highest BCUT2D eigenvalue weighted by atomic mass is 16.5. The van der Waals surface area contributed by atoms with Crippen molar-refractivity contribution in [3.05, 3.63) is 89.5 Å². The van der Waals surface area contributed by atoms with Crippen molar-refractivity contribution in [1.82, 2.24) is 9.80 Å². The molecule has 0 aromatic heterocycles. The fourth-order valence-corrected chi connectivity index (χ4v) is 3.89. The third-order valence-electron chi connectivity index (χ3n) is 5.95. The summed E-state index contributed by atoms with van der Waals surface area (Å²) in [6, 6.07) is 22.9. The van der Waals surface area contributed by atoms with Crippen molar-refractivity contribution < 1.29 is 9.53 Å². The fraction of sp³-hybridized carbons (Fsp3) is 0.259. The van der Waals surface area contributed by atoms with Crippen LogP contribution in [-0.4, -0.2) is 54.8 Å². The summed E-state index contributed by atoms with van der Waals surface area (Å²) in [7, 11) is 2.08. The van der Waals surface area contributed by atoms with Crippen molar-refractivity contribution in [3.63, 3.8) is 0 Å². The molecule has 0 aliphatic carbocycles. The second-order valence-corrected chi connectivity index (χ2v) is 8.58. The van der Waals surface area contributed by atoms with Gasteiger partial charge in [-0.2, -0.15) is 0 Å². The quantitative estimate of drug-likeness (QED) is 0.286. The monoisotopic (exact) mass is 457 g/mol. The number of hydrogen-bond donors (Lipinski definition) is 3. The van der Waals surface area contributed by atoms with Gasteiger partial charge in [-0.05, 0) is 48.5 Å². The van der Waals surface area contributed by atoms with Gasteiger partial charge >= 0.3 is 0 Å². The molecular weight excluding hydrogens is 426 g/mol. The molecule has 1 aliphatic heterocycles. The Balaban J connectivity index is 1.29. The number of carbonyl (C=O) groups excluding carboxylic acids is 1. The number of piperazine rings is 1. The Morgan fingerprint density at radius 2 is 1.68 bits per heavy atom. The molecule has 0 saturated carbocycles. The van der Waals surface area contributed by atoms with Crippen molar-refractivity contribution >= 4 is 23.1 Å². The third kappa shape index (κ3) is 6.14. The highest BCUT2D eigenvalue weighted by molar-refractivity contribution is 6.02. The van der Waals surface area contributed by atoms with Gasteiger partial charge in [0.25, 0.3) is 0 Å². The van der Waals surface area contributed by atoms with E-state index < -0.39 is 0 Å². The molecule has 1 amide bonds. The Morgan fingerprint density at radius 3 is 2.35 bits per heavy atom. The minimum Gasteiger partial charge on any atom is -0.489 e. The van der Waals surface area contributed by atoms with Gasteiger partial charge in [0.15, 0.2) is 0 Å². The predicted octanol–water partition coefficient (Wildman–Crippen LogP) is 3.60. The first kappa shape index (κ1) is 23.3. The Morgan fingerprint density at radius 1 is 0.971 bits per heavy atom. The molecule has 34 heavy (non-hydrogen) atoms. The van der Waals surface area contributed by atoms with Crippen molar-refractivity contribution in [3.8, 4) is 5.75 Å². The molecule has 1 aliphatic rings. The van der Waals surface area contributed by atoms with Crippen LogP contribution < -0.4 is 15.8 Å². The number of ether oxygens (including phenoxy) is 1. The molecule has 0 spiro atoms. The first-order valence-electron chi connectivity index (χ1n) is 11.5. The molecule has 1 saturated heterocycles. The Hall–Kier alpha value is -3.84. The Kier molecular flexibility index (Phi) is 7.44. The smallest absolute Gasteiger partial charge is 0.228 e. The zero-order chi connectivity index (χ0) is 23.9. The molecule has 1 fully saturated rings. The summed E-state index contributed by atoms with van der Waals surface area (Å²) in [5.41, 5.74) is 10.0. The van der Waals surface area contributed by atoms with Gasteiger partial charge in [-0.3, -0.25) is 10.2 Å². The second kappa shape index (κ2) is 10.9. The van der Waals surface area contributed by atoms with Gasteiger partial charge in [0.05, 0.1) is 6.42 Å².